The number of benzene rings is 2. The second-order valence-corrected chi connectivity index (χ2v) is 6.72. The Kier molecular flexibility index (Phi) is 7.21. The third kappa shape index (κ3) is 5.68. The zero-order valence-corrected chi connectivity index (χ0v) is 16.8. The van der Waals surface area contributed by atoms with Crippen molar-refractivity contribution in [3.63, 3.8) is 0 Å². The number of hydrogen-bond acceptors (Lipinski definition) is 6. The van der Waals surface area contributed by atoms with Gasteiger partial charge in [0.05, 0.1) is 10.6 Å². The summed E-state index contributed by atoms with van der Waals surface area (Å²) in [7, 11) is 0. The third-order valence-electron chi connectivity index (χ3n) is 3.72. The molecule has 0 saturated carbocycles. The van der Waals surface area contributed by atoms with E-state index in [9.17, 15) is 14.0 Å². The van der Waals surface area contributed by atoms with Gasteiger partial charge in [-0.05, 0) is 30.3 Å². The van der Waals surface area contributed by atoms with Crippen LogP contribution < -0.4 is 15.4 Å². The molecule has 156 valence electrons. The van der Waals surface area contributed by atoms with Crippen molar-refractivity contribution in [2.75, 3.05) is 19.7 Å². The third-order valence-corrected chi connectivity index (χ3v) is 4.25. The SMILES string of the molecule is O=C(COc1ccc(Cl)cc1Cl)NCCNC(=O)c1nc(-c2ccccc2F)no1. The Labute approximate surface area is 180 Å². The van der Waals surface area contributed by atoms with Gasteiger partial charge in [0.15, 0.2) is 6.61 Å². The predicted octanol–water partition coefficient (Wildman–Crippen LogP) is 3.11. The molecule has 0 fully saturated rings. The number of nitrogens with zero attached hydrogens (tertiary/aromatic N) is 2. The molecule has 2 aromatic carbocycles. The Hall–Kier alpha value is -3.17. The first-order valence-electron chi connectivity index (χ1n) is 8.65. The van der Waals surface area contributed by atoms with Crippen molar-refractivity contribution in [2.24, 2.45) is 0 Å². The van der Waals surface area contributed by atoms with Crippen molar-refractivity contribution >= 4 is 35.0 Å². The molecule has 1 aromatic heterocycles. The Morgan fingerprint density at radius 3 is 2.63 bits per heavy atom. The van der Waals surface area contributed by atoms with Gasteiger partial charge in [-0.25, -0.2) is 4.39 Å². The summed E-state index contributed by atoms with van der Waals surface area (Å²) in [5.74, 6) is -1.62. The minimum absolute atomic E-state index is 0.0374. The standard InChI is InChI=1S/C19H15Cl2FN4O4/c20-11-5-6-15(13(21)9-11)29-10-16(27)23-7-8-24-18(28)19-25-17(26-30-19)12-3-1-2-4-14(12)22/h1-6,9H,7-8,10H2,(H,23,27)(H,24,28). The second-order valence-electron chi connectivity index (χ2n) is 5.87. The Bertz CT molecular complexity index is 1060. The van der Waals surface area contributed by atoms with Crippen molar-refractivity contribution in [3.05, 3.63) is 64.2 Å². The number of rotatable bonds is 8. The topological polar surface area (TPSA) is 106 Å². The molecule has 8 nitrogen and oxygen atoms in total. The van der Waals surface area contributed by atoms with Crippen LogP contribution in [0.2, 0.25) is 10.0 Å². The fraction of sp³-hybridized carbons (Fsp3) is 0.158. The van der Waals surface area contributed by atoms with E-state index in [0.717, 1.165) is 0 Å². The summed E-state index contributed by atoms with van der Waals surface area (Å²) in [5.41, 5.74) is 0.119. The summed E-state index contributed by atoms with van der Waals surface area (Å²) in [4.78, 5) is 27.7. The van der Waals surface area contributed by atoms with E-state index in [1.165, 1.54) is 24.3 Å². The van der Waals surface area contributed by atoms with Gasteiger partial charge in [0.2, 0.25) is 5.82 Å². The highest BCUT2D eigenvalue weighted by Gasteiger charge is 2.17. The van der Waals surface area contributed by atoms with Crippen LogP contribution in [-0.4, -0.2) is 41.7 Å². The first kappa shape index (κ1) is 21.5. The summed E-state index contributed by atoms with van der Waals surface area (Å²) in [5, 5.41) is 9.41. The van der Waals surface area contributed by atoms with Crippen LogP contribution in [0.3, 0.4) is 0 Å². The molecular weight excluding hydrogens is 438 g/mol. The zero-order valence-electron chi connectivity index (χ0n) is 15.3. The Morgan fingerprint density at radius 2 is 1.87 bits per heavy atom. The van der Waals surface area contributed by atoms with Gasteiger partial charge < -0.3 is 19.9 Å². The second kappa shape index (κ2) is 10.0. The smallest absolute Gasteiger partial charge is 0.316 e. The molecule has 2 amide bonds. The average Bonchev–Trinajstić information content (AvgIpc) is 3.21. The maximum Gasteiger partial charge on any atom is 0.316 e. The summed E-state index contributed by atoms with van der Waals surface area (Å²) >= 11 is 11.7. The quantitative estimate of drug-likeness (QED) is 0.508. The van der Waals surface area contributed by atoms with Crippen molar-refractivity contribution in [1.29, 1.82) is 0 Å². The van der Waals surface area contributed by atoms with Crippen molar-refractivity contribution in [3.8, 4) is 17.1 Å². The van der Waals surface area contributed by atoms with Gasteiger partial charge in [0, 0.05) is 18.1 Å². The van der Waals surface area contributed by atoms with E-state index in [1.54, 1.807) is 18.2 Å². The van der Waals surface area contributed by atoms with E-state index in [2.05, 4.69) is 20.8 Å². The van der Waals surface area contributed by atoms with E-state index in [4.69, 9.17) is 32.5 Å². The average molecular weight is 453 g/mol. The first-order chi connectivity index (χ1) is 14.4. The summed E-state index contributed by atoms with van der Waals surface area (Å²) in [6.45, 7) is -0.0226. The number of amides is 2. The van der Waals surface area contributed by atoms with Crippen LogP contribution in [0.4, 0.5) is 4.39 Å². The highest BCUT2D eigenvalue weighted by molar-refractivity contribution is 6.35. The maximum atomic E-state index is 13.7. The van der Waals surface area contributed by atoms with E-state index < -0.39 is 17.6 Å². The number of hydrogen-bond donors (Lipinski definition) is 2. The Morgan fingerprint density at radius 1 is 1.10 bits per heavy atom. The minimum atomic E-state index is -0.650. The molecule has 3 rings (SSSR count). The van der Waals surface area contributed by atoms with Crippen LogP contribution in [-0.2, 0) is 4.79 Å². The van der Waals surface area contributed by atoms with Crippen molar-refractivity contribution in [1.82, 2.24) is 20.8 Å². The van der Waals surface area contributed by atoms with Gasteiger partial charge in [-0.15, -0.1) is 0 Å². The molecule has 30 heavy (non-hydrogen) atoms. The molecular formula is C19H15Cl2FN4O4. The number of aromatic nitrogens is 2. The molecule has 0 bridgehead atoms. The molecule has 0 unspecified atom stereocenters. The molecule has 3 aromatic rings. The van der Waals surface area contributed by atoms with E-state index in [0.29, 0.717) is 10.8 Å². The number of ether oxygens (including phenoxy) is 1. The highest BCUT2D eigenvalue weighted by atomic mass is 35.5. The van der Waals surface area contributed by atoms with E-state index in [-0.39, 0.29) is 42.0 Å². The molecule has 0 aliphatic heterocycles. The van der Waals surface area contributed by atoms with Gasteiger partial charge in [-0.1, -0.05) is 40.5 Å². The number of nitrogens with one attached hydrogen (secondary N) is 2. The van der Waals surface area contributed by atoms with Crippen LogP contribution in [0.25, 0.3) is 11.4 Å². The molecule has 0 radical (unpaired) electrons. The lowest BCUT2D eigenvalue weighted by Crippen LogP contribution is -2.36. The van der Waals surface area contributed by atoms with Gasteiger partial charge >= 0.3 is 11.8 Å². The summed E-state index contributed by atoms with van der Waals surface area (Å²) in [6, 6.07) is 10.5. The van der Waals surface area contributed by atoms with E-state index >= 15 is 0 Å². The normalized spacial score (nSPS) is 10.5. The minimum Gasteiger partial charge on any atom is -0.482 e. The molecule has 0 saturated heterocycles. The van der Waals surface area contributed by atoms with Crippen LogP contribution in [0.15, 0.2) is 47.0 Å². The predicted molar refractivity (Wildman–Crippen MR) is 107 cm³/mol. The lowest BCUT2D eigenvalue weighted by atomic mass is 10.2. The molecule has 1 heterocycles. The number of carbonyl (C=O) groups is 2. The van der Waals surface area contributed by atoms with Crippen LogP contribution in [0.1, 0.15) is 10.7 Å². The molecule has 2 N–H and O–H groups in total. The van der Waals surface area contributed by atoms with Crippen molar-refractivity contribution in [2.45, 2.75) is 0 Å². The highest BCUT2D eigenvalue weighted by Crippen LogP contribution is 2.27. The largest absolute Gasteiger partial charge is 0.482 e. The molecule has 11 heteroatoms. The lowest BCUT2D eigenvalue weighted by molar-refractivity contribution is -0.123. The van der Waals surface area contributed by atoms with Crippen LogP contribution >= 0.6 is 23.2 Å². The zero-order chi connectivity index (χ0) is 21.5. The van der Waals surface area contributed by atoms with Gasteiger partial charge in [0.25, 0.3) is 5.91 Å². The van der Waals surface area contributed by atoms with Crippen molar-refractivity contribution < 1.29 is 23.2 Å². The summed E-state index contributed by atoms with van der Waals surface area (Å²) < 4.78 is 23.9. The van der Waals surface area contributed by atoms with E-state index in [1.807, 2.05) is 0 Å². The molecule has 0 aliphatic carbocycles. The van der Waals surface area contributed by atoms with Gasteiger partial charge in [-0.3, -0.25) is 9.59 Å². The molecule has 0 aliphatic rings. The summed E-state index contributed by atoms with van der Waals surface area (Å²) in [6.07, 6.45) is 0. The number of carbonyl (C=O) groups excluding carboxylic acids is 2. The molecule has 0 spiro atoms. The fourth-order valence-corrected chi connectivity index (χ4v) is 2.77. The molecule has 0 atom stereocenters. The fourth-order valence-electron chi connectivity index (χ4n) is 2.31. The van der Waals surface area contributed by atoms with Crippen LogP contribution in [0, 0.1) is 5.82 Å². The maximum absolute atomic E-state index is 13.7. The Balaban J connectivity index is 1.40. The monoisotopic (exact) mass is 452 g/mol. The van der Waals surface area contributed by atoms with Gasteiger partial charge in [-0.2, -0.15) is 4.98 Å². The first-order valence-corrected chi connectivity index (χ1v) is 9.41. The van der Waals surface area contributed by atoms with Crippen LogP contribution in [0.5, 0.6) is 5.75 Å². The number of halogens is 3. The van der Waals surface area contributed by atoms with Gasteiger partial charge in [0.1, 0.15) is 11.6 Å². The lowest BCUT2D eigenvalue weighted by Gasteiger charge is -2.09.